The second-order valence-electron chi connectivity index (χ2n) is 10.6. The Morgan fingerprint density at radius 3 is 2.12 bits per heavy atom. The summed E-state index contributed by atoms with van der Waals surface area (Å²) in [5.74, 6) is -0.506. The Hall–Kier alpha value is -3.85. The molecule has 0 saturated heterocycles. The zero-order chi connectivity index (χ0) is 29.5. The van der Waals surface area contributed by atoms with Gasteiger partial charge in [-0.05, 0) is 69.5 Å². The van der Waals surface area contributed by atoms with Crippen LogP contribution in [0.5, 0.6) is 5.75 Å². The predicted molar refractivity (Wildman–Crippen MR) is 158 cm³/mol. The maximum atomic E-state index is 14.2. The molecule has 0 heterocycles. The van der Waals surface area contributed by atoms with Crippen LogP contribution in [0.25, 0.3) is 0 Å². The fourth-order valence-corrected chi connectivity index (χ4v) is 5.86. The summed E-state index contributed by atoms with van der Waals surface area (Å²) in [6.07, 6.45) is 0.347. The lowest BCUT2D eigenvalue weighted by Crippen LogP contribution is -2.55. The summed E-state index contributed by atoms with van der Waals surface area (Å²) < 4.78 is 34.4. The number of amides is 2. The third kappa shape index (κ3) is 7.41. The Morgan fingerprint density at radius 1 is 0.925 bits per heavy atom. The predicted octanol–water partition coefficient (Wildman–Crippen LogP) is 4.92. The normalized spacial score (nSPS) is 12.3. The van der Waals surface area contributed by atoms with Crippen LogP contribution in [0.2, 0.25) is 0 Å². The third-order valence-corrected chi connectivity index (χ3v) is 8.22. The summed E-state index contributed by atoms with van der Waals surface area (Å²) in [4.78, 5) is 29.1. The number of benzene rings is 3. The number of nitrogens with one attached hydrogen (secondary N) is 1. The van der Waals surface area contributed by atoms with E-state index in [0.717, 1.165) is 15.4 Å². The lowest BCUT2D eigenvalue weighted by Gasteiger charge is -2.35. The number of hydrogen-bond acceptors (Lipinski definition) is 5. The first kappa shape index (κ1) is 30.7. The molecule has 9 heteroatoms. The molecule has 0 spiro atoms. The number of aryl methyl sites for hydroxylation is 1. The molecule has 1 atom stereocenters. The van der Waals surface area contributed by atoms with Crippen LogP contribution in [0, 0.1) is 6.92 Å². The summed E-state index contributed by atoms with van der Waals surface area (Å²) in [5.41, 5.74) is 1.55. The quantitative estimate of drug-likeness (QED) is 0.356. The van der Waals surface area contributed by atoms with Crippen molar-refractivity contribution in [2.24, 2.45) is 0 Å². The van der Waals surface area contributed by atoms with Gasteiger partial charge in [-0.15, -0.1) is 0 Å². The Kier molecular flexibility index (Phi) is 9.98. The van der Waals surface area contributed by atoms with Crippen molar-refractivity contribution in [1.82, 2.24) is 10.2 Å². The molecular weight excluding hydrogens is 526 g/mol. The molecule has 3 aromatic rings. The molecule has 0 radical (unpaired) electrons. The van der Waals surface area contributed by atoms with Gasteiger partial charge in [0.15, 0.2) is 0 Å². The first-order chi connectivity index (χ1) is 18.9. The minimum absolute atomic E-state index is 0.0386. The second kappa shape index (κ2) is 13.0. The molecule has 1 N–H and O–H groups in total. The van der Waals surface area contributed by atoms with Crippen LogP contribution in [0.4, 0.5) is 5.69 Å². The molecule has 0 aliphatic rings. The van der Waals surface area contributed by atoms with E-state index in [4.69, 9.17) is 4.74 Å². The van der Waals surface area contributed by atoms with E-state index < -0.39 is 34.1 Å². The number of anilines is 1. The summed E-state index contributed by atoms with van der Waals surface area (Å²) in [7, 11) is -2.73. The van der Waals surface area contributed by atoms with Crippen LogP contribution in [-0.2, 0) is 26.2 Å². The number of hydrogen-bond donors (Lipinski definition) is 1. The van der Waals surface area contributed by atoms with Gasteiger partial charge in [0.05, 0.1) is 17.7 Å². The summed E-state index contributed by atoms with van der Waals surface area (Å²) >= 11 is 0. The highest BCUT2D eigenvalue weighted by Crippen LogP contribution is 2.32. The Bertz CT molecular complexity index is 1420. The number of sulfonamides is 1. The Balaban J connectivity index is 2.11. The fourth-order valence-electron chi connectivity index (χ4n) is 4.41. The maximum Gasteiger partial charge on any atom is 0.264 e. The first-order valence-electron chi connectivity index (χ1n) is 13.3. The van der Waals surface area contributed by atoms with Gasteiger partial charge < -0.3 is 15.0 Å². The highest BCUT2D eigenvalue weighted by atomic mass is 32.2. The average Bonchev–Trinajstić information content (AvgIpc) is 2.92. The molecular formula is C31H39N3O5S. The lowest BCUT2D eigenvalue weighted by atomic mass is 10.0. The number of methoxy groups -OCH3 is 1. The Morgan fingerprint density at radius 2 is 1.52 bits per heavy atom. The minimum Gasteiger partial charge on any atom is -0.495 e. The highest BCUT2D eigenvalue weighted by molar-refractivity contribution is 7.92. The van der Waals surface area contributed by atoms with Crippen LogP contribution in [0.3, 0.4) is 0 Å². The van der Waals surface area contributed by atoms with Crippen molar-refractivity contribution in [3.8, 4) is 5.75 Å². The van der Waals surface area contributed by atoms with Gasteiger partial charge in [-0.3, -0.25) is 13.9 Å². The number of nitrogens with zero attached hydrogens (tertiary/aromatic N) is 2. The number of carbonyl (C=O) groups is 2. The van der Waals surface area contributed by atoms with E-state index in [2.05, 4.69) is 5.32 Å². The van der Waals surface area contributed by atoms with Crippen molar-refractivity contribution in [3.05, 3.63) is 90.0 Å². The number of ether oxygens (including phenoxy) is 1. The smallest absolute Gasteiger partial charge is 0.264 e. The van der Waals surface area contributed by atoms with E-state index in [1.165, 1.54) is 24.1 Å². The molecule has 0 bridgehead atoms. The van der Waals surface area contributed by atoms with Gasteiger partial charge >= 0.3 is 0 Å². The van der Waals surface area contributed by atoms with E-state index in [0.29, 0.717) is 12.2 Å². The van der Waals surface area contributed by atoms with Crippen molar-refractivity contribution in [3.63, 3.8) is 0 Å². The zero-order valence-corrected chi connectivity index (χ0v) is 24.9. The number of rotatable bonds is 11. The summed E-state index contributed by atoms with van der Waals surface area (Å²) in [6, 6.07) is 21.4. The lowest BCUT2D eigenvalue weighted by molar-refractivity contribution is -0.141. The molecule has 3 rings (SSSR count). The number of para-hydroxylation sites is 2. The van der Waals surface area contributed by atoms with E-state index in [9.17, 15) is 18.0 Å². The molecule has 0 saturated carbocycles. The van der Waals surface area contributed by atoms with Crippen molar-refractivity contribution in [2.45, 2.75) is 64.1 Å². The van der Waals surface area contributed by atoms with Crippen LogP contribution in [0.15, 0.2) is 83.8 Å². The fraction of sp³-hybridized carbons (Fsp3) is 0.355. The van der Waals surface area contributed by atoms with Gasteiger partial charge in [0, 0.05) is 12.1 Å². The van der Waals surface area contributed by atoms with Crippen LogP contribution in [-0.4, -0.2) is 50.4 Å². The van der Waals surface area contributed by atoms with Gasteiger partial charge in [-0.1, -0.05) is 61.5 Å². The molecule has 214 valence electrons. The molecule has 40 heavy (non-hydrogen) atoms. The van der Waals surface area contributed by atoms with Gasteiger partial charge in [-0.25, -0.2) is 8.42 Å². The molecule has 0 unspecified atom stereocenters. The van der Waals surface area contributed by atoms with Crippen LogP contribution < -0.4 is 14.4 Å². The van der Waals surface area contributed by atoms with Gasteiger partial charge in [0.25, 0.3) is 10.0 Å². The standard InChI is InChI=1S/C31H39N3O5S/c1-7-26(30(36)32-31(3,4)5)33(21-24-16-12-11-15-23(24)2)29(35)22-34(27-19-13-14-20-28(27)39-6)40(37,38)25-17-9-8-10-18-25/h8-20,26H,7,21-22H2,1-6H3,(H,32,36)/t26-/m0/s1. The molecule has 8 nitrogen and oxygen atoms in total. The van der Waals surface area contributed by atoms with Crippen molar-refractivity contribution in [2.75, 3.05) is 18.0 Å². The first-order valence-corrected chi connectivity index (χ1v) is 14.7. The minimum atomic E-state index is -4.17. The molecule has 0 aliphatic carbocycles. The van der Waals surface area contributed by atoms with E-state index in [-0.39, 0.29) is 23.0 Å². The van der Waals surface area contributed by atoms with Crippen molar-refractivity contribution in [1.29, 1.82) is 0 Å². The molecule has 0 aromatic heterocycles. The van der Waals surface area contributed by atoms with Crippen LogP contribution >= 0.6 is 0 Å². The van der Waals surface area contributed by atoms with Gasteiger partial charge in [0.1, 0.15) is 18.3 Å². The summed E-state index contributed by atoms with van der Waals surface area (Å²) in [6.45, 7) is 9.03. The molecule has 3 aromatic carbocycles. The Labute approximate surface area is 238 Å². The molecule has 0 aliphatic heterocycles. The molecule has 0 fully saturated rings. The number of carbonyl (C=O) groups excluding carboxylic acids is 2. The van der Waals surface area contributed by atoms with Crippen LogP contribution in [0.1, 0.15) is 45.2 Å². The van der Waals surface area contributed by atoms with Crippen molar-refractivity contribution >= 4 is 27.5 Å². The van der Waals surface area contributed by atoms with E-state index >= 15 is 0 Å². The molecule has 2 amide bonds. The SMILES string of the molecule is CC[C@@H](C(=O)NC(C)(C)C)N(Cc1ccccc1C)C(=O)CN(c1ccccc1OC)S(=O)(=O)c1ccccc1. The second-order valence-corrected chi connectivity index (χ2v) is 12.5. The monoisotopic (exact) mass is 565 g/mol. The highest BCUT2D eigenvalue weighted by Gasteiger charge is 2.35. The summed E-state index contributed by atoms with van der Waals surface area (Å²) in [5, 5.41) is 2.98. The third-order valence-electron chi connectivity index (χ3n) is 6.45. The average molecular weight is 566 g/mol. The maximum absolute atomic E-state index is 14.2. The van der Waals surface area contributed by atoms with E-state index in [1.54, 1.807) is 42.5 Å². The zero-order valence-electron chi connectivity index (χ0n) is 24.0. The largest absolute Gasteiger partial charge is 0.495 e. The van der Waals surface area contributed by atoms with Gasteiger partial charge in [-0.2, -0.15) is 0 Å². The van der Waals surface area contributed by atoms with E-state index in [1.807, 2.05) is 58.9 Å². The van der Waals surface area contributed by atoms with Gasteiger partial charge in [0.2, 0.25) is 11.8 Å². The van der Waals surface area contributed by atoms with Crippen molar-refractivity contribution < 1.29 is 22.7 Å². The topological polar surface area (TPSA) is 96.0 Å².